The first-order valence-electron chi connectivity index (χ1n) is 5.51. The van der Waals surface area contributed by atoms with Gasteiger partial charge in [0.05, 0.1) is 11.0 Å². The molecule has 0 radical (unpaired) electrons. The zero-order chi connectivity index (χ0) is 12.1. The molecule has 0 fully saturated rings. The van der Waals surface area contributed by atoms with E-state index in [1.54, 1.807) is 0 Å². The van der Waals surface area contributed by atoms with Gasteiger partial charge in [-0.15, -0.1) is 11.3 Å². The number of thiophene rings is 1. The van der Waals surface area contributed by atoms with Gasteiger partial charge in [-0.3, -0.25) is 4.79 Å². The highest BCUT2D eigenvalue weighted by Gasteiger charge is 2.12. The van der Waals surface area contributed by atoms with Crippen molar-refractivity contribution in [2.24, 2.45) is 5.92 Å². The van der Waals surface area contributed by atoms with Gasteiger partial charge in [-0.2, -0.15) is 0 Å². The second-order valence-electron chi connectivity index (χ2n) is 4.43. The third kappa shape index (κ3) is 3.94. The molecule has 0 saturated heterocycles. The van der Waals surface area contributed by atoms with Crippen LogP contribution in [0, 0.1) is 12.8 Å². The lowest BCUT2D eigenvalue weighted by Gasteiger charge is -2.13. The lowest BCUT2D eigenvalue weighted by Crippen LogP contribution is -2.32. The molecule has 0 spiro atoms. The molecule has 0 aliphatic carbocycles. The Hall–Kier alpha value is -0.870. The van der Waals surface area contributed by atoms with Gasteiger partial charge in [0.25, 0.3) is 5.91 Å². The van der Waals surface area contributed by atoms with Gasteiger partial charge in [0, 0.05) is 6.54 Å². The minimum absolute atomic E-state index is 0.0877. The molecule has 1 aromatic heterocycles. The Morgan fingerprint density at radius 1 is 1.56 bits per heavy atom. The van der Waals surface area contributed by atoms with E-state index in [2.05, 4.69) is 19.2 Å². The van der Waals surface area contributed by atoms with Gasteiger partial charge in [0.15, 0.2) is 0 Å². The van der Waals surface area contributed by atoms with Crippen molar-refractivity contribution >= 4 is 17.2 Å². The molecule has 1 heterocycles. The fourth-order valence-corrected chi connectivity index (χ4v) is 2.37. The number of hydrogen-bond donors (Lipinski definition) is 2. The van der Waals surface area contributed by atoms with Crippen LogP contribution >= 0.6 is 11.3 Å². The van der Waals surface area contributed by atoms with Crippen LogP contribution in [0.2, 0.25) is 0 Å². The Balaban J connectivity index is 2.39. The third-order valence-corrected chi connectivity index (χ3v) is 3.33. The lowest BCUT2D eigenvalue weighted by atomic mass is 10.1. The molecule has 1 aromatic rings. The highest BCUT2D eigenvalue weighted by atomic mass is 32.1. The van der Waals surface area contributed by atoms with Crippen molar-refractivity contribution < 1.29 is 9.90 Å². The van der Waals surface area contributed by atoms with Gasteiger partial charge in [-0.1, -0.05) is 13.8 Å². The number of rotatable bonds is 5. The van der Waals surface area contributed by atoms with Crippen molar-refractivity contribution in [3.05, 3.63) is 21.9 Å². The Bertz CT molecular complexity index is 347. The van der Waals surface area contributed by atoms with Crippen LogP contribution in [0.1, 0.15) is 35.5 Å². The normalized spacial score (nSPS) is 12.8. The number of aryl methyl sites for hydroxylation is 1. The molecule has 0 aliphatic heterocycles. The Labute approximate surface area is 100 Å². The van der Waals surface area contributed by atoms with E-state index in [0.717, 1.165) is 10.4 Å². The highest BCUT2D eigenvalue weighted by molar-refractivity contribution is 7.12. The summed E-state index contributed by atoms with van der Waals surface area (Å²) in [5.41, 5.74) is 0.987. The maximum absolute atomic E-state index is 11.7. The summed E-state index contributed by atoms with van der Waals surface area (Å²) in [6, 6.07) is 1.92. The standard InChI is InChI=1S/C12H19NO2S/c1-8(2)6-10(14)7-13-12(15)11-9(3)4-5-16-11/h4-5,8,10,14H,6-7H2,1-3H3,(H,13,15). The average Bonchev–Trinajstić information content (AvgIpc) is 2.60. The van der Waals surface area contributed by atoms with Crippen molar-refractivity contribution in [2.45, 2.75) is 33.3 Å². The van der Waals surface area contributed by atoms with Crippen molar-refractivity contribution in [1.82, 2.24) is 5.32 Å². The molecule has 1 rings (SSSR count). The Morgan fingerprint density at radius 3 is 2.75 bits per heavy atom. The molecule has 0 saturated carbocycles. The van der Waals surface area contributed by atoms with Gasteiger partial charge < -0.3 is 10.4 Å². The summed E-state index contributed by atoms with van der Waals surface area (Å²) in [5.74, 6) is 0.352. The van der Waals surface area contributed by atoms with Crippen LogP contribution in [0.15, 0.2) is 11.4 Å². The van der Waals surface area contributed by atoms with Crippen LogP contribution in [-0.2, 0) is 0 Å². The van der Waals surface area contributed by atoms with Crippen molar-refractivity contribution in [3.63, 3.8) is 0 Å². The fraction of sp³-hybridized carbons (Fsp3) is 0.583. The van der Waals surface area contributed by atoms with E-state index < -0.39 is 6.10 Å². The lowest BCUT2D eigenvalue weighted by molar-refractivity contribution is 0.0903. The van der Waals surface area contributed by atoms with Crippen molar-refractivity contribution in [2.75, 3.05) is 6.54 Å². The van der Waals surface area contributed by atoms with Gasteiger partial charge in [0.1, 0.15) is 0 Å². The van der Waals surface area contributed by atoms with Crippen molar-refractivity contribution in [1.29, 1.82) is 0 Å². The van der Waals surface area contributed by atoms with Crippen LogP contribution < -0.4 is 5.32 Å². The van der Waals surface area contributed by atoms with Gasteiger partial charge in [-0.25, -0.2) is 0 Å². The summed E-state index contributed by atoms with van der Waals surface area (Å²) < 4.78 is 0. The zero-order valence-electron chi connectivity index (χ0n) is 9.99. The zero-order valence-corrected chi connectivity index (χ0v) is 10.8. The number of aliphatic hydroxyl groups excluding tert-OH is 1. The quantitative estimate of drug-likeness (QED) is 0.830. The van der Waals surface area contributed by atoms with E-state index in [9.17, 15) is 9.90 Å². The predicted molar refractivity (Wildman–Crippen MR) is 66.9 cm³/mol. The number of carbonyl (C=O) groups excluding carboxylic acids is 1. The van der Waals surface area contributed by atoms with Crippen molar-refractivity contribution in [3.8, 4) is 0 Å². The molecule has 1 amide bonds. The van der Waals surface area contributed by atoms with Gasteiger partial charge in [0.2, 0.25) is 0 Å². The molecule has 0 bridgehead atoms. The van der Waals surface area contributed by atoms with E-state index in [-0.39, 0.29) is 5.91 Å². The maximum Gasteiger partial charge on any atom is 0.261 e. The Morgan fingerprint density at radius 2 is 2.25 bits per heavy atom. The van der Waals surface area contributed by atoms with E-state index in [1.165, 1.54) is 11.3 Å². The minimum Gasteiger partial charge on any atom is -0.391 e. The van der Waals surface area contributed by atoms with E-state index in [0.29, 0.717) is 18.9 Å². The predicted octanol–water partition coefficient (Wildman–Crippen LogP) is 2.19. The van der Waals surface area contributed by atoms with E-state index in [4.69, 9.17) is 0 Å². The summed E-state index contributed by atoms with van der Waals surface area (Å²) in [6.07, 6.45) is 0.258. The summed E-state index contributed by atoms with van der Waals surface area (Å²) in [7, 11) is 0. The van der Waals surface area contributed by atoms with Gasteiger partial charge >= 0.3 is 0 Å². The second kappa shape index (κ2) is 6.01. The number of amides is 1. The molecule has 2 N–H and O–H groups in total. The summed E-state index contributed by atoms with van der Waals surface area (Å²) in [6.45, 7) is 6.34. The highest BCUT2D eigenvalue weighted by Crippen LogP contribution is 2.15. The summed E-state index contributed by atoms with van der Waals surface area (Å²) in [4.78, 5) is 12.4. The number of aliphatic hydroxyl groups is 1. The largest absolute Gasteiger partial charge is 0.391 e. The first kappa shape index (κ1) is 13.2. The first-order valence-corrected chi connectivity index (χ1v) is 6.39. The molecular weight excluding hydrogens is 222 g/mol. The molecule has 0 aromatic carbocycles. The molecule has 3 nitrogen and oxygen atoms in total. The molecule has 90 valence electrons. The molecule has 4 heteroatoms. The average molecular weight is 241 g/mol. The minimum atomic E-state index is -0.454. The monoisotopic (exact) mass is 241 g/mol. The second-order valence-corrected chi connectivity index (χ2v) is 5.34. The molecular formula is C12H19NO2S. The van der Waals surface area contributed by atoms with Crippen LogP contribution in [0.25, 0.3) is 0 Å². The third-order valence-electron chi connectivity index (χ3n) is 2.31. The maximum atomic E-state index is 11.7. The van der Waals surface area contributed by atoms with Crippen LogP contribution in [0.4, 0.5) is 0 Å². The SMILES string of the molecule is Cc1ccsc1C(=O)NCC(O)CC(C)C. The summed E-state index contributed by atoms with van der Waals surface area (Å²) in [5, 5.41) is 14.3. The summed E-state index contributed by atoms with van der Waals surface area (Å²) >= 11 is 1.43. The smallest absolute Gasteiger partial charge is 0.261 e. The van der Waals surface area contributed by atoms with E-state index in [1.807, 2.05) is 18.4 Å². The Kier molecular flexibility index (Phi) is 4.96. The van der Waals surface area contributed by atoms with Crippen LogP contribution in [0.5, 0.6) is 0 Å². The van der Waals surface area contributed by atoms with Crippen LogP contribution in [0.3, 0.4) is 0 Å². The first-order chi connectivity index (χ1) is 7.50. The van der Waals surface area contributed by atoms with Gasteiger partial charge in [-0.05, 0) is 36.3 Å². The van der Waals surface area contributed by atoms with E-state index >= 15 is 0 Å². The van der Waals surface area contributed by atoms with Crippen LogP contribution in [-0.4, -0.2) is 23.7 Å². The molecule has 1 unspecified atom stereocenters. The topological polar surface area (TPSA) is 49.3 Å². The molecule has 0 aliphatic rings. The number of nitrogens with one attached hydrogen (secondary N) is 1. The molecule has 16 heavy (non-hydrogen) atoms. The fourth-order valence-electron chi connectivity index (χ4n) is 1.52. The number of carbonyl (C=O) groups is 1. The number of hydrogen-bond acceptors (Lipinski definition) is 3. The molecule has 1 atom stereocenters.